The van der Waals surface area contributed by atoms with Gasteiger partial charge in [0, 0.05) is 56.1 Å². The molecule has 1 fully saturated rings. The van der Waals surface area contributed by atoms with Crippen molar-refractivity contribution >= 4 is 40.7 Å². The van der Waals surface area contributed by atoms with Crippen LogP contribution in [0.15, 0.2) is 83.5 Å². The van der Waals surface area contributed by atoms with E-state index in [1.165, 1.54) is 11.3 Å². The molecule has 3 aromatic carbocycles. The van der Waals surface area contributed by atoms with Gasteiger partial charge in [0.15, 0.2) is 0 Å². The number of benzene rings is 3. The Hall–Kier alpha value is -3.57. The van der Waals surface area contributed by atoms with E-state index in [0.717, 1.165) is 41.8 Å². The summed E-state index contributed by atoms with van der Waals surface area (Å²) < 4.78 is 0. The predicted molar refractivity (Wildman–Crippen MR) is 155 cm³/mol. The maximum absolute atomic E-state index is 13.8. The normalized spacial score (nSPS) is 20.0. The van der Waals surface area contributed by atoms with Crippen LogP contribution in [-0.4, -0.2) is 44.8 Å². The van der Waals surface area contributed by atoms with E-state index in [9.17, 15) is 4.79 Å². The summed E-state index contributed by atoms with van der Waals surface area (Å²) in [7, 11) is 8.16. The van der Waals surface area contributed by atoms with Crippen molar-refractivity contribution in [3.63, 3.8) is 0 Å². The van der Waals surface area contributed by atoms with Crippen LogP contribution in [0.4, 0.5) is 11.4 Å². The third-order valence-corrected chi connectivity index (χ3v) is 7.55. The largest absolute Gasteiger partial charge is 0.378 e. The number of nitrogens with zero attached hydrogens (tertiary/aromatic N) is 4. The Labute approximate surface area is 224 Å². The van der Waals surface area contributed by atoms with Crippen LogP contribution < -0.4 is 9.80 Å². The van der Waals surface area contributed by atoms with Crippen LogP contribution in [0.3, 0.4) is 0 Å². The van der Waals surface area contributed by atoms with E-state index in [2.05, 4.69) is 64.4 Å². The molecule has 0 N–H and O–H groups in total. The van der Waals surface area contributed by atoms with Crippen molar-refractivity contribution in [2.24, 2.45) is 11.0 Å². The first-order valence-corrected chi connectivity index (χ1v) is 13.1. The van der Waals surface area contributed by atoms with E-state index in [4.69, 9.17) is 16.7 Å². The molecule has 1 aliphatic carbocycles. The second-order valence-corrected chi connectivity index (χ2v) is 10.7. The molecule has 0 saturated heterocycles. The highest BCUT2D eigenvalue weighted by atomic mass is 35.5. The average Bonchev–Trinajstić information content (AvgIpc) is 3.30. The lowest BCUT2D eigenvalue weighted by atomic mass is 9.77. The highest BCUT2D eigenvalue weighted by Gasteiger charge is 2.43. The third-order valence-electron chi connectivity index (χ3n) is 7.30. The third kappa shape index (κ3) is 5.14. The minimum atomic E-state index is -0.144. The fourth-order valence-electron chi connectivity index (χ4n) is 5.27. The molecule has 0 spiro atoms. The van der Waals surface area contributed by atoms with E-state index < -0.39 is 0 Å². The van der Waals surface area contributed by atoms with E-state index >= 15 is 0 Å². The number of hydrazone groups is 1. The van der Waals surface area contributed by atoms with Gasteiger partial charge in [-0.15, -0.1) is 0 Å². The number of amides is 1. The standard InChI is InChI=1S/C31H33ClN4O/c1-34(2)26-16-8-21(9-17-26)20-24-6-5-7-28-29(24)33-36(31(37)23-10-14-25(32)15-11-23)30(28)22-12-18-27(19-13-22)35(3)4/h8-20,28,30H,5-7H2,1-4H3/b24-20+/t28-,30-/m0/s1. The summed E-state index contributed by atoms with van der Waals surface area (Å²) in [5, 5.41) is 7.35. The van der Waals surface area contributed by atoms with Gasteiger partial charge in [0.25, 0.3) is 5.91 Å². The fraction of sp³-hybridized carbons (Fsp3) is 0.290. The molecule has 1 amide bonds. The minimum absolute atomic E-state index is 0.102. The van der Waals surface area contributed by atoms with Gasteiger partial charge in [-0.2, -0.15) is 5.10 Å². The number of hydrogen-bond acceptors (Lipinski definition) is 4. The smallest absolute Gasteiger partial charge is 0.274 e. The maximum Gasteiger partial charge on any atom is 0.274 e. The number of rotatable bonds is 5. The quantitative estimate of drug-likeness (QED) is 0.373. The summed E-state index contributed by atoms with van der Waals surface area (Å²) in [6.07, 6.45) is 5.27. The van der Waals surface area contributed by atoms with Crippen LogP contribution >= 0.6 is 11.6 Å². The van der Waals surface area contributed by atoms with Gasteiger partial charge in [-0.25, -0.2) is 5.01 Å². The van der Waals surface area contributed by atoms with Gasteiger partial charge >= 0.3 is 0 Å². The SMILES string of the molecule is CN(C)c1ccc(/C=C2\CCC[C@H]3C2=NN(C(=O)c2ccc(Cl)cc2)[C@H]3c2ccc(N(C)C)cc2)cc1. The molecule has 190 valence electrons. The van der Waals surface area contributed by atoms with E-state index in [1.807, 2.05) is 28.2 Å². The molecule has 2 aliphatic rings. The Kier molecular flexibility index (Phi) is 7.07. The molecular formula is C31H33ClN4O. The number of carbonyl (C=O) groups excluding carboxylic acids is 1. The van der Waals surface area contributed by atoms with Crippen molar-refractivity contribution in [2.75, 3.05) is 38.0 Å². The highest BCUT2D eigenvalue weighted by molar-refractivity contribution is 6.30. The van der Waals surface area contributed by atoms with E-state index in [1.54, 1.807) is 29.3 Å². The van der Waals surface area contributed by atoms with Crippen molar-refractivity contribution in [1.29, 1.82) is 0 Å². The molecule has 2 atom stereocenters. The maximum atomic E-state index is 13.8. The average molecular weight is 513 g/mol. The molecular weight excluding hydrogens is 480 g/mol. The molecule has 0 unspecified atom stereocenters. The van der Waals surface area contributed by atoms with Gasteiger partial charge in [-0.1, -0.05) is 35.9 Å². The monoisotopic (exact) mass is 512 g/mol. The first-order chi connectivity index (χ1) is 17.8. The summed E-state index contributed by atoms with van der Waals surface area (Å²) in [6.45, 7) is 0. The Morgan fingerprint density at radius 2 is 1.49 bits per heavy atom. The summed E-state index contributed by atoms with van der Waals surface area (Å²) >= 11 is 6.10. The molecule has 6 heteroatoms. The summed E-state index contributed by atoms with van der Waals surface area (Å²) in [4.78, 5) is 18.0. The zero-order valence-electron chi connectivity index (χ0n) is 21.9. The summed E-state index contributed by atoms with van der Waals surface area (Å²) in [6, 6.07) is 24.0. The molecule has 1 aliphatic heterocycles. The Morgan fingerprint density at radius 1 is 0.892 bits per heavy atom. The van der Waals surface area contributed by atoms with Crippen molar-refractivity contribution in [3.8, 4) is 0 Å². The number of allylic oxidation sites excluding steroid dienone is 1. The lowest BCUT2D eigenvalue weighted by Gasteiger charge is -2.30. The number of hydrogen-bond donors (Lipinski definition) is 0. The number of halogens is 1. The second kappa shape index (κ2) is 10.4. The summed E-state index contributed by atoms with van der Waals surface area (Å²) in [5.41, 5.74) is 7.40. The van der Waals surface area contributed by atoms with Crippen LogP contribution in [-0.2, 0) is 0 Å². The van der Waals surface area contributed by atoms with Gasteiger partial charge in [0.05, 0.1) is 11.8 Å². The minimum Gasteiger partial charge on any atom is -0.378 e. The van der Waals surface area contributed by atoms with Gasteiger partial charge in [-0.05, 0) is 90.6 Å². The van der Waals surface area contributed by atoms with Crippen molar-refractivity contribution in [1.82, 2.24) is 5.01 Å². The molecule has 1 saturated carbocycles. The lowest BCUT2D eigenvalue weighted by Crippen LogP contribution is -2.32. The van der Waals surface area contributed by atoms with Gasteiger partial charge in [0.2, 0.25) is 0 Å². The predicted octanol–water partition coefficient (Wildman–Crippen LogP) is 6.91. The van der Waals surface area contributed by atoms with Crippen LogP contribution in [0.2, 0.25) is 5.02 Å². The molecule has 0 aromatic heterocycles. The zero-order valence-corrected chi connectivity index (χ0v) is 22.6. The fourth-order valence-corrected chi connectivity index (χ4v) is 5.39. The first-order valence-electron chi connectivity index (χ1n) is 12.7. The number of fused-ring (bicyclic) bond motifs is 1. The molecule has 37 heavy (non-hydrogen) atoms. The van der Waals surface area contributed by atoms with Gasteiger partial charge in [0.1, 0.15) is 0 Å². The molecule has 0 bridgehead atoms. The Morgan fingerprint density at radius 3 is 2.08 bits per heavy atom. The molecule has 3 aromatic rings. The van der Waals surface area contributed by atoms with Gasteiger partial charge < -0.3 is 9.80 Å². The first kappa shape index (κ1) is 25.1. The second-order valence-electron chi connectivity index (χ2n) is 10.2. The summed E-state index contributed by atoms with van der Waals surface area (Å²) in [5.74, 6) is 0.0532. The van der Waals surface area contributed by atoms with Crippen LogP contribution in [0, 0.1) is 5.92 Å². The molecule has 0 radical (unpaired) electrons. The van der Waals surface area contributed by atoms with Crippen molar-refractivity contribution in [2.45, 2.75) is 25.3 Å². The van der Waals surface area contributed by atoms with Crippen LogP contribution in [0.5, 0.6) is 0 Å². The van der Waals surface area contributed by atoms with E-state index in [0.29, 0.717) is 10.6 Å². The number of carbonyl (C=O) groups is 1. The lowest BCUT2D eigenvalue weighted by molar-refractivity contribution is 0.0681. The number of anilines is 2. The Balaban J connectivity index is 1.54. The highest BCUT2D eigenvalue weighted by Crippen LogP contribution is 2.45. The van der Waals surface area contributed by atoms with Gasteiger partial charge in [-0.3, -0.25) is 4.79 Å². The topological polar surface area (TPSA) is 39.1 Å². The molecule has 1 heterocycles. The van der Waals surface area contributed by atoms with Crippen molar-refractivity contribution in [3.05, 3.63) is 100 Å². The Bertz CT molecular complexity index is 1330. The molecule has 5 nitrogen and oxygen atoms in total. The van der Waals surface area contributed by atoms with E-state index in [-0.39, 0.29) is 17.9 Å². The van der Waals surface area contributed by atoms with Crippen molar-refractivity contribution < 1.29 is 4.79 Å². The molecule has 5 rings (SSSR count). The van der Waals surface area contributed by atoms with Crippen LogP contribution in [0.25, 0.3) is 6.08 Å². The van der Waals surface area contributed by atoms with Crippen LogP contribution in [0.1, 0.15) is 46.8 Å². The zero-order chi connectivity index (χ0) is 26.1.